The van der Waals surface area contributed by atoms with Crippen molar-refractivity contribution in [3.8, 4) is 72.9 Å². The predicted molar refractivity (Wildman–Crippen MR) is 213 cm³/mol. The van der Waals surface area contributed by atoms with Crippen molar-refractivity contribution in [1.82, 2.24) is 9.97 Å². The Morgan fingerprint density at radius 3 is 1.56 bits per heavy atom. The van der Waals surface area contributed by atoms with Crippen LogP contribution in [-0.4, -0.2) is 15.1 Å². The van der Waals surface area contributed by atoms with Crippen LogP contribution in [0.3, 0.4) is 0 Å². The van der Waals surface area contributed by atoms with Crippen molar-refractivity contribution >= 4 is 0 Å². The van der Waals surface area contributed by atoms with Crippen molar-refractivity contribution in [2.24, 2.45) is 0 Å². The van der Waals surface area contributed by atoms with Gasteiger partial charge in [-0.2, -0.15) is 0 Å². The maximum atomic E-state index is 11.0. The number of hydrogen-bond donors (Lipinski definition) is 1. The molecule has 0 aliphatic carbocycles. The average Bonchev–Trinajstić information content (AvgIpc) is 3.14. The van der Waals surface area contributed by atoms with E-state index >= 15 is 0 Å². The molecule has 4 heteroatoms. The third-order valence-corrected chi connectivity index (χ3v) is 9.41. The van der Waals surface area contributed by atoms with Gasteiger partial charge < -0.3 is 5.11 Å². The smallest absolute Gasteiger partial charge is 0.124 e. The van der Waals surface area contributed by atoms with Gasteiger partial charge >= 0.3 is 0 Å². The summed E-state index contributed by atoms with van der Waals surface area (Å²) in [5.74, 6) is 0.192. The number of hydrogen-bond acceptors (Lipinski definition) is 3. The molecule has 0 radical (unpaired) electrons. The van der Waals surface area contributed by atoms with Crippen molar-refractivity contribution in [3.63, 3.8) is 0 Å². The molecule has 0 spiro atoms. The molecule has 0 fully saturated rings. The molecule has 2 heterocycles. The Kier molecular flexibility index (Phi) is 10.5. The SMILES string of the molecule is CC(C)(C)c1cc(-c2cc(-c3[c-]c(-c4ccccn4)cc(-c4ccc(-c5ccccc5)cc4)c3)nc(-c3ccccc3O)c2)cc(C(C)(C)C)c1.[Pt]. The number of rotatable bonds is 6. The summed E-state index contributed by atoms with van der Waals surface area (Å²) in [5.41, 5.74) is 13.8. The first-order valence-corrected chi connectivity index (χ1v) is 17.5. The predicted octanol–water partition coefficient (Wildman–Crippen LogP) is 12.6. The number of nitrogens with zero attached hydrogens (tertiary/aromatic N) is 2. The summed E-state index contributed by atoms with van der Waals surface area (Å²) < 4.78 is 0. The second-order valence-corrected chi connectivity index (χ2v) is 15.3. The third kappa shape index (κ3) is 8.01. The van der Waals surface area contributed by atoms with Gasteiger partial charge in [-0.05, 0) is 74.0 Å². The fraction of sp³-hybridized carbons (Fsp3) is 0.167. The molecule has 0 atom stereocenters. The number of phenols is 1. The molecule has 0 aliphatic heterocycles. The van der Waals surface area contributed by atoms with Crippen molar-refractivity contribution in [3.05, 3.63) is 163 Å². The molecule has 7 rings (SSSR count). The van der Waals surface area contributed by atoms with Crippen LogP contribution in [0.1, 0.15) is 52.7 Å². The monoisotopic (exact) mass is 858 g/mol. The van der Waals surface area contributed by atoms with E-state index in [0.29, 0.717) is 11.3 Å². The number of pyridine rings is 2. The van der Waals surface area contributed by atoms with E-state index < -0.39 is 0 Å². The van der Waals surface area contributed by atoms with E-state index in [0.717, 1.165) is 44.8 Å². The van der Waals surface area contributed by atoms with Gasteiger partial charge in [0, 0.05) is 44.2 Å². The molecule has 5 aromatic carbocycles. The Labute approximate surface area is 322 Å². The molecule has 1 N–H and O–H groups in total. The molecule has 52 heavy (non-hydrogen) atoms. The summed E-state index contributed by atoms with van der Waals surface area (Å²) in [6, 6.07) is 51.7. The van der Waals surface area contributed by atoms with Gasteiger partial charge in [-0.1, -0.05) is 161 Å². The molecule has 0 bridgehead atoms. The van der Waals surface area contributed by atoms with Gasteiger partial charge in [-0.15, -0.1) is 18.2 Å². The van der Waals surface area contributed by atoms with Crippen molar-refractivity contribution in [2.75, 3.05) is 0 Å². The van der Waals surface area contributed by atoms with E-state index in [2.05, 4.69) is 139 Å². The van der Waals surface area contributed by atoms with Crippen LogP contribution in [0.25, 0.3) is 67.2 Å². The van der Waals surface area contributed by atoms with Gasteiger partial charge in [-0.3, -0.25) is 9.97 Å². The Balaban J connectivity index is 0.00000464. The van der Waals surface area contributed by atoms with E-state index in [1.807, 2.05) is 48.7 Å². The molecule has 2 aromatic heterocycles. The quantitative estimate of drug-likeness (QED) is 0.170. The molecule has 262 valence electrons. The Hall–Kier alpha value is -5.11. The standard InChI is InChI=1S/C48H43N2O.Pt/c1-47(2,3)40-27-36(28-41(31-40)48(4,5)6)37-29-44(50-45(30-37)42-16-10-11-18-46(42)51)39-25-35(24-38(26-39)43-17-12-13-23-49-43)34-21-19-33(20-22-34)32-14-8-7-9-15-32;/h7-25,27-31,51H,1-6H3;/q-1;. The van der Waals surface area contributed by atoms with Crippen LogP contribution in [0.2, 0.25) is 0 Å². The van der Waals surface area contributed by atoms with E-state index in [1.54, 1.807) is 6.07 Å². The zero-order chi connectivity index (χ0) is 35.8. The zero-order valence-corrected chi connectivity index (χ0v) is 32.8. The van der Waals surface area contributed by atoms with Crippen LogP contribution < -0.4 is 0 Å². The van der Waals surface area contributed by atoms with E-state index in [1.165, 1.54) is 22.3 Å². The summed E-state index contributed by atoms with van der Waals surface area (Å²) in [6.07, 6.45) is 1.81. The van der Waals surface area contributed by atoms with Crippen molar-refractivity contribution < 1.29 is 26.2 Å². The van der Waals surface area contributed by atoms with Crippen LogP contribution in [0.4, 0.5) is 0 Å². The maximum absolute atomic E-state index is 11.0. The van der Waals surface area contributed by atoms with Gasteiger partial charge in [0.25, 0.3) is 0 Å². The van der Waals surface area contributed by atoms with E-state index in [9.17, 15) is 5.11 Å². The number of benzene rings is 5. The van der Waals surface area contributed by atoms with Crippen LogP contribution in [0.5, 0.6) is 5.75 Å². The minimum atomic E-state index is -0.0395. The molecule has 3 nitrogen and oxygen atoms in total. The summed E-state index contributed by atoms with van der Waals surface area (Å²) in [5, 5.41) is 11.0. The fourth-order valence-electron chi connectivity index (χ4n) is 6.34. The van der Waals surface area contributed by atoms with Crippen molar-refractivity contribution in [1.29, 1.82) is 0 Å². The van der Waals surface area contributed by atoms with Crippen LogP contribution >= 0.6 is 0 Å². The van der Waals surface area contributed by atoms with E-state index in [4.69, 9.17) is 9.97 Å². The van der Waals surface area contributed by atoms with Crippen molar-refractivity contribution in [2.45, 2.75) is 52.4 Å². The number of para-hydroxylation sites is 1. The summed E-state index contributed by atoms with van der Waals surface area (Å²) >= 11 is 0. The first kappa shape index (κ1) is 36.7. The third-order valence-electron chi connectivity index (χ3n) is 9.41. The van der Waals surface area contributed by atoms with Gasteiger partial charge in [0.2, 0.25) is 0 Å². The number of aromatic nitrogens is 2. The second kappa shape index (κ2) is 14.9. The maximum Gasteiger partial charge on any atom is 0.124 e. The molecule has 0 saturated carbocycles. The molecule has 0 saturated heterocycles. The largest absolute Gasteiger partial charge is 0.507 e. The fourth-order valence-corrected chi connectivity index (χ4v) is 6.34. The zero-order valence-electron chi connectivity index (χ0n) is 30.5. The summed E-state index contributed by atoms with van der Waals surface area (Å²) in [4.78, 5) is 9.91. The summed E-state index contributed by atoms with van der Waals surface area (Å²) in [6.45, 7) is 13.6. The first-order chi connectivity index (χ1) is 24.4. The van der Waals surface area contributed by atoms with Gasteiger partial charge in [0.15, 0.2) is 0 Å². The Bertz CT molecular complexity index is 2290. The first-order valence-electron chi connectivity index (χ1n) is 17.5. The molecule has 0 amide bonds. The van der Waals surface area contributed by atoms with Crippen LogP contribution in [0.15, 0.2) is 146 Å². The molecule has 0 aliphatic rings. The molecular weight excluding hydrogens is 816 g/mol. The number of phenolic OH excluding ortho intramolecular Hbond substituents is 1. The van der Waals surface area contributed by atoms with E-state index in [-0.39, 0.29) is 37.6 Å². The van der Waals surface area contributed by atoms with Crippen LogP contribution in [-0.2, 0) is 31.9 Å². The number of aromatic hydroxyl groups is 1. The molecular formula is C48H43N2OPt-. The Morgan fingerprint density at radius 2 is 0.962 bits per heavy atom. The van der Waals surface area contributed by atoms with Gasteiger partial charge in [0.1, 0.15) is 5.75 Å². The average molecular weight is 859 g/mol. The Morgan fingerprint density at radius 1 is 0.462 bits per heavy atom. The van der Waals surface area contributed by atoms with Gasteiger partial charge in [0.05, 0.1) is 5.69 Å². The van der Waals surface area contributed by atoms with Gasteiger partial charge in [-0.25, -0.2) is 0 Å². The topological polar surface area (TPSA) is 46.0 Å². The molecule has 7 aromatic rings. The second-order valence-electron chi connectivity index (χ2n) is 15.3. The minimum absolute atomic E-state index is 0. The summed E-state index contributed by atoms with van der Waals surface area (Å²) in [7, 11) is 0. The normalized spacial score (nSPS) is 11.6. The minimum Gasteiger partial charge on any atom is -0.507 e. The van der Waals surface area contributed by atoms with Crippen LogP contribution in [0, 0.1) is 6.07 Å². The molecule has 0 unspecified atom stereocenters.